The molecule has 1 saturated carbocycles. The maximum absolute atomic E-state index is 5.74. The summed E-state index contributed by atoms with van der Waals surface area (Å²) in [6, 6.07) is 0.672. The molecule has 0 aromatic heterocycles. The van der Waals surface area contributed by atoms with Crippen molar-refractivity contribution in [2.75, 3.05) is 13.2 Å². The average molecular weight is 155 g/mol. The van der Waals surface area contributed by atoms with Gasteiger partial charge in [-0.2, -0.15) is 0 Å². The van der Waals surface area contributed by atoms with Gasteiger partial charge < -0.3 is 10.1 Å². The first kappa shape index (κ1) is 7.56. The zero-order valence-corrected chi connectivity index (χ0v) is 7.01. The lowest BCUT2D eigenvalue weighted by Crippen LogP contribution is -2.41. The van der Waals surface area contributed by atoms with E-state index in [-0.39, 0.29) is 0 Å². The molecule has 0 bridgehead atoms. The summed E-state index contributed by atoms with van der Waals surface area (Å²) in [5.41, 5.74) is 0. The van der Waals surface area contributed by atoms with Crippen molar-refractivity contribution >= 4 is 0 Å². The normalized spacial score (nSPS) is 39.3. The van der Waals surface area contributed by atoms with Gasteiger partial charge in [0.1, 0.15) is 0 Å². The molecule has 2 rings (SSSR count). The third-order valence-corrected chi connectivity index (χ3v) is 2.76. The van der Waals surface area contributed by atoms with Crippen molar-refractivity contribution in [3.05, 3.63) is 0 Å². The highest BCUT2D eigenvalue weighted by molar-refractivity contribution is 4.83. The molecule has 11 heavy (non-hydrogen) atoms. The largest absolute Gasteiger partial charge is 0.377 e. The van der Waals surface area contributed by atoms with E-state index in [4.69, 9.17) is 4.74 Å². The highest BCUT2D eigenvalue weighted by Crippen LogP contribution is 2.22. The van der Waals surface area contributed by atoms with Gasteiger partial charge in [-0.05, 0) is 25.8 Å². The highest BCUT2D eigenvalue weighted by Gasteiger charge is 2.26. The molecule has 0 radical (unpaired) electrons. The van der Waals surface area contributed by atoms with E-state index in [1.807, 2.05) is 0 Å². The Kier molecular flexibility index (Phi) is 2.44. The van der Waals surface area contributed by atoms with Crippen LogP contribution < -0.4 is 5.32 Å². The topological polar surface area (TPSA) is 21.3 Å². The van der Waals surface area contributed by atoms with Crippen LogP contribution in [0.4, 0.5) is 0 Å². The number of ether oxygens (including phenoxy) is 1. The second-order valence-electron chi connectivity index (χ2n) is 3.61. The van der Waals surface area contributed by atoms with Crippen LogP contribution >= 0.6 is 0 Å². The highest BCUT2D eigenvalue weighted by atomic mass is 16.5. The average Bonchev–Trinajstić information content (AvgIpc) is 2.28. The first-order valence-electron chi connectivity index (χ1n) is 4.82. The fourth-order valence-electron chi connectivity index (χ4n) is 2.12. The molecule has 0 amide bonds. The van der Waals surface area contributed by atoms with Crippen LogP contribution in [0.25, 0.3) is 0 Å². The fraction of sp³-hybridized carbons (Fsp3) is 1.00. The summed E-state index contributed by atoms with van der Waals surface area (Å²) in [7, 11) is 0. The quantitative estimate of drug-likeness (QED) is 0.569. The number of hydrogen-bond donors (Lipinski definition) is 1. The van der Waals surface area contributed by atoms with Crippen LogP contribution in [-0.2, 0) is 4.74 Å². The number of fused-ring (bicyclic) bond motifs is 1. The monoisotopic (exact) mass is 155 g/mol. The van der Waals surface area contributed by atoms with Crippen molar-refractivity contribution < 1.29 is 4.74 Å². The molecule has 1 heterocycles. The van der Waals surface area contributed by atoms with Gasteiger partial charge in [-0.25, -0.2) is 0 Å². The lowest BCUT2D eigenvalue weighted by Gasteiger charge is -2.29. The molecule has 2 nitrogen and oxygen atoms in total. The standard InChI is InChI=1S/C9H17NO/c1-2-5-9-8(4-1)10-6-3-7-11-9/h8-10H,1-7H2/t8-,9+/m1/s1. The fourth-order valence-corrected chi connectivity index (χ4v) is 2.12. The molecule has 64 valence electrons. The predicted octanol–water partition coefficient (Wildman–Crippen LogP) is 1.31. The minimum atomic E-state index is 0.534. The second-order valence-corrected chi connectivity index (χ2v) is 3.61. The molecular formula is C9H17NO. The molecule has 1 aliphatic carbocycles. The zero-order chi connectivity index (χ0) is 7.52. The van der Waals surface area contributed by atoms with Crippen molar-refractivity contribution in [3.8, 4) is 0 Å². The lowest BCUT2D eigenvalue weighted by molar-refractivity contribution is 0.0215. The van der Waals surface area contributed by atoms with E-state index in [2.05, 4.69) is 5.32 Å². The maximum Gasteiger partial charge on any atom is 0.0728 e. The van der Waals surface area contributed by atoms with Crippen molar-refractivity contribution in [1.82, 2.24) is 5.32 Å². The van der Waals surface area contributed by atoms with Gasteiger partial charge in [0.05, 0.1) is 6.10 Å². The number of nitrogens with one attached hydrogen (secondary N) is 1. The van der Waals surface area contributed by atoms with Crippen LogP contribution in [0.2, 0.25) is 0 Å². The number of hydrogen-bond acceptors (Lipinski definition) is 2. The van der Waals surface area contributed by atoms with E-state index in [9.17, 15) is 0 Å². The van der Waals surface area contributed by atoms with E-state index in [1.165, 1.54) is 32.1 Å². The molecular weight excluding hydrogens is 138 g/mol. The number of rotatable bonds is 0. The Balaban J connectivity index is 1.93. The molecule has 2 atom stereocenters. The SMILES string of the molecule is C1CN[C@@H]2CCCC[C@@H]2OC1. The first-order valence-corrected chi connectivity index (χ1v) is 4.82. The Morgan fingerprint density at radius 3 is 3.00 bits per heavy atom. The van der Waals surface area contributed by atoms with Gasteiger partial charge in [-0.15, -0.1) is 0 Å². The summed E-state index contributed by atoms with van der Waals surface area (Å²) in [6.45, 7) is 2.12. The molecule has 2 heteroatoms. The Morgan fingerprint density at radius 2 is 2.00 bits per heavy atom. The second kappa shape index (κ2) is 3.55. The molecule has 0 aromatic carbocycles. The van der Waals surface area contributed by atoms with Crippen LogP contribution in [0.1, 0.15) is 32.1 Å². The summed E-state index contributed by atoms with van der Waals surface area (Å²) < 4.78 is 5.74. The summed E-state index contributed by atoms with van der Waals surface area (Å²) in [6.07, 6.45) is 7.07. The van der Waals surface area contributed by atoms with Crippen molar-refractivity contribution in [2.45, 2.75) is 44.2 Å². The third-order valence-electron chi connectivity index (χ3n) is 2.76. The van der Waals surface area contributed by atoms with Crippen LogP contribution in [0, 0.1) is 0 Å². The van der Waals surface area contributed by atoms with Gasteiger partial charge in [-0.3, -0.25) is 0 Å². The summed E-state index contributed by atoms with van der Waals surface area (Å²) >= 11 is 0. The maximum atomic E-state index is 5.74. The molecule has 1 aliphatic heterocycles. The zero-order valence-electron chi connectivity index (χ0n) is 7.01. The van der Waals surface area contributed by atoms with Gasteiger partial charge in [-0.1, -0.05) is 12.8 Å². The van der Waals surface area contributed by atoms with Gasteiger partial charge in [0, 0.05) is 12.6 Å². The van der Waals surface area contributed by atoms with Crippen LogP contribution in [0.3, 0.4) is 0 Å². The van der Waals surface area contributed by atoms with Gasteiger partial charge in [0.25, 0.3) is 0 Å². The minimum absolute atomic E-state index is 0.534. The molecule has 2 aliphatic rings. The minimum Gasteiger partial charge on any atom is -0.377 e. The molecule has 1 N–H and O–H groups in total. The Hall–Kier alpha value is -0.0800. The summed E-state index contributed by atoms with van der Waals surface area (Å²) in [5.74, 6) is 0. The van der Waals surface area contributed by atoms with E-state index in [1.54, 1.807) is 0 Å². The predicted molar refractivity (Wildman–Crippen MR) is 44.6 cm³/mol. The van der Waals surface area contributed by atoms with Gasteiger partial charge >= 0.3 is 0 Å². The van der Waals surface area contributed by atoms with Crippen LogP contribution in [0.5, 0.6) is 0 Å². The third kappa shape index (κ3) is 1.74. The molecule has 0 aromatic rings. The van der Waals surface area contributed by atoms with Crippen molar-refractivity contribution in [3.63, 3.8) is 0 Å². The van der Waals surface area contributed by atoms with E-state index >= 15 is 0 Å². The Labute approximate surface area is 68.3 Å². The molecule has 0 spiro atoms. The van der Waals surface area contributed by atoms with E-state index in [0.29, 0.717) is 12.1 Å². The van der Waals surface area contributed by atoms with Crippen molar-refractivity contribution in [2.24, 2.45) is 0 Å². The van der Waals surface area contributed by atoms with Crippen LogP contribution in [0.15, 0.2) is 0 Å². The van der Waals surface area contributed by atoms with Crippen LogP contribution in [-0.4, -0.2) is 25.3 Å². The smallest absolute Gasteiger partial charge is 0.0728 e. The first-order chi connectivity index (χ1) is 5.47. The van der Waals surface area contributed by atoms with E-state index in [0.717, 1.165) is 13.2 Å². The van der Waals surface area contributed by atoms with Gasteiger partial charge in [0.2, 0.25) is 0 Å². The summed E-state index contributed by atoms with van der Waals surface area (Å²) in [4.78, 5) is 0. The summed E-state index contributed by atoms with van der Waals surface area (Å²) in [5, 5.41) is 3.56. The Morgan fingerprint density at radius 1 is 1.09 bits per heavy atom. The lowest BCUT2D eigenvalue weighted by atomic mass is 9.92. The Bertz CT molecular complexity index is 113. The molecule has 0 unspecified atom stereocenters. The van der Waals surface area contributed by atoms with Crippen molar-refractivity contribution in [1.29, 1.82) is 0 Å². The molecule has 2 fully saturated rings. The molecule has 1 saturated heterocycles. The van der Waals surface area contributed by atoms with Gasteiger partial charge in [0.15, 0.2) is 0 Å². The van der Waals surface area contributed by atoms with E-state index < -0.39 is 0 Å².